The van der Waals surface area contributed by atoms with Crippen LogP contribution < -0.4 is 15.0 Å². The van der Waals surface area contributed by atoms with Crippen LogP contribution in [0.15, 0.2) is 78.4 Å². The molecule has 2 N–H and O–H groups in total. The number of nitrogens with one attached hydrogen (secondary N) is 1. The van der Waals surface area contributed by atoms with Crippen LogP contribution in [0.25, 0.3) is 5.76 Å². The molecule has 190 valence electrons. The fourth-order valence-electron chi connectivity index (χ4n) is 4.55. The van der Waals surface area contributed by atoms with E-state index in [-0.39, 0.29) is 23.2 Å². The molecule has 0 aromatic heterocycles. The fourth-order valence-corrected chi connectivity index (χ4v) is 4.55. The van der Waals surface area contributed by atoms with Gasteiger partial charge in [-0.3, -0.25) is 19.3 Å². The van der Waals surface area contributed by atoms with Crippen LogP contribution in [0.4, 0.5) is 11.4 Å². The summed E-state index contributed by atoms with van der Waals surface area (Å²) in [7, 11) is 0. The number of Topliss-reactive ketones (excluding diaryl/α,β-unsaturated/α-hetero) is 1. The lowest BCUT2D eigenvalue weighted by Crippen LogP contribution is -2.29. The predicted octanol–water partition coefficient (Wildman–Crippen LogP) is 5.79. The van der Waals surface area contributed by atoms with E-state index in [9.17, 15) is 19.5 Å². The van der Waals surface area contributed by atoms with Crippen molar-refractivity contribution in [2.24, 2.45) is 0 Å². The highest BCUT2D eigenvalue weighted by Crippen LogP contribution is 2.43. The highest BCUT2D eigenvalue weighted by atomic mass is 16.5. The maximum atomic E-state index is 13.4. The summed E-state index contributed by atoms with van der Waals surface area (Å²) >= 11 is 0. The molecule has 1 aliphatic rings. The SMILES string of the molecule is CCOc1ccc(/C(O)=C2/C(=O)C(=O)N(c3ccc(NC(C)=O)cc3)C2c2ccccc2)cc1C(C)C. The number of carbonyl (C=O) groups is 3. The largest absolute Gasteiger partial charge is 0.507 e. The van der Waals surface area contributed by atoms with Crippen molar-refractivity contribution >= 4 is 34.7 Å². The van der Waals surface area contributed by atoms with Gasteiger partial charge in [-0.1, -0.05) is 44.2 Å². The van der Waals surface area contributed by atoms with Gasteiger partial charge in [-0.05, 0) is 66.4 Å². The Morgan fingerprint density at radius 2 is 1.70 bits per heavy atom. The predicted molar refractivity (Wildman–Crippen MR) is 144 cm³/mol. The molecule has 0 spiro atoms. The van der Waals surface area contributed by atoms with Gasteiger partial charge in [0.15, 0.2) is 0 Å². The quantitative estimate of drug-likeness (QED) is 0.244. The standard InChI is InChI=1S/C30H30N2O5/c1-5-37-25-16-11-21(17-24(25)18(2)3)28(34)26-27(20-9-7-6-8-10-20)32(30(36)29(26)35)23-14-12-22(13-15-23)31-19(4)33/h6-18,27,34H,5H2,1-4H3,(H,31,33)/b28-26-. The molecule has 4 rings (SSSR count). The Labute approximate surface area is 216 Å². The molecular weight excluding hydrogens is 468 g/mol. The second-order valence-corrected chi connectivity index (χ2v) is 9.15. The first kappa shape index (κ1) is 25.7. The number of amides is 2. The zero-order valence-electron chi connectivity index (χ0n) is 21.3. The van der Waals surface area contributed by atoms with E-state index in [4.69, 9.17) is 4.74 Å². The zero-order chi connectivity index (χ0) is 26.7. The van der Waals surface area contributed by atoms with Crippen LogP contribution in [0.1, 0.15) is 56.3 Å². The molecule has 1 fully saturated rings. The summed E-state index contributed by atoms with van der Waals surface area (Å²) in [6.07, 6.45) is 0. The summed E-state index contributed by atoms with van der Waals surface area (Å²) in [5.41, 5.74) is 3.07. The molecule has 1 unspecified atom stereocenters. The molecule has 0 radical (unpaired) electrons. The van der Waals surface area contributed by atoms with Gasteiger partial charge in [-0.25, -0.2) is 0 Å². The molecule has 7 heteroatoms. The topological polar surface area (TPSA) is 95.9 Å². The molecule has 1 atom stereocenters. The first-order valence-corrected chi connectivity index (χ1v) is 12.2. The van der Waals surface area contributed by atoms with E-state index in [0.29, 0.717) is 34.9 Å². The summed E-state index contributed by atoms with van der Waals surface area (Å²) in [5.74, 6) is -1.13. The van der Waals surface area contributed by atoms with Gasteiger partial charge >= 0.3 is 0 Å². The summed E-state index contributed by atoms with van der Waals surface area (Å²) < 4.78 is 5.74. The van der Waals surface area contributed by atoms with Gasteiger partial charge in [-0.2, -0.15) is 0 Å². The second-order valence-electron chi connectivity index (χ2n) is 9.15. The molecule has 1 saturated heterocycles. The molecule has 0 bridgehead atoms. The number of rotatable bonds is 7. The first-order valence-electron chi connectivity index (χ1n) is 12.2. The van der Waals surface area contributed by atoms with Crippen molar-refractivity contribution in [1.29, 1.82) is 0 Å². The Balaban J connectivity index is 1.86. The molecular formula is C30H30N2O5. The van der Waals surface area contributed by atoms with E-state index in [1.807, 2.05) is 57.2 Å². The molecule has 2 amide bonds. The summed E-state index contributed by atoms with van der Waals surface area (Å²) in [4.78, 5) is 39.5. The third kappa shape index (κ3) is 5.11. The lowest BCUT2D eigenvalue weighted by molar-refractivity contribution is -0.132. The first-order chi connectivity index (χ1) is 17.7. The molecule has 0 saturated carbocycles. The van der Waals surface area contributed by atoms with E-state index in [1.54, 1.807) is 36.4 Å². The van der Waals surface area contributed by atoms with Crippen molar-refractivity contribution < 1.29 is 24.2 Å². The van der Waals surface area contributed by atoms with E-state index < -0.39 is 17.7 Å². The average molecular weight is 499 g/mol. The number of benzene rings is 3. The van der Waals surface area contributed by atoms with Crippen molar-refractivity contribution in [3.05, 3.63) is 95.1 Å². The number of hydrogen-bond donors (Lipinski definition) is 2. The van der Waals surface area contributed by atoms with Crippen LogP contribution >= 0.6 is 0 Å². The van der Waals surface area contributed by atoms with Crippen LogP contribution in [0.3, 0.4) is 0 Å². The fraction of sp³-hybridized carbons (Fsp3) is 0.233. The number of anilines is 2. The number of aliphatic hydroxyl groups excluding tert-OH is 1. The Hall–Kier alpha value is -4.39. The van der Waals surface area contributed by atoms with E-state index in [2.05, 4.69) is 5.32 Å². The van der Waals surface area contributed by atoms with Crippen LogP contribution in [-0.2, 0) is 14.4 Å². The number of ketones is 1. The number of hydrogen-bond acceptors (Lipinski definition) is 5. The van der Waals surface area contributed by atoms with Crippen molar-refractivity contribution in [2.45, 2.75) is 39.7 Å². The lowest BCUT2D eigenvalue weighted by Gasteiger charge is -2.25. The molecule has 37 heavy (non-hydrogen) atoms. The van der Waals surface area contributed by atoms with Crippen molar-refractivity contribution in [2.75, 3.05) is 16.8 Å². The number of ether oxygens (including phenoxy) is 1. The smallest absolute Gasteiger partial charge is 0.300 e. The van der Waals surface area contributed by atoms with Gasteiger partial charge in [-0.15, -0.1) is 0 Å². The zero-order valence-corrected chi connectivity index (χ0v) is 21.3. The van der Waals surface area contributed by atoms with Crippen molar-refractivity contribution in [3.8, 4) is 5.75 Å². The molecule has 1 heterocycles. The maximum Gasteiger partial charge on any atom is 0.300 e. The highest BCUT2D eigenvalue weighted by Gasteiger charge is 2.47. The Bertz CT molecular complexity index is 1360. The maximum absolute atomic E-state index is 13.4. The Kier molecular flexibility index (Phi) is 7.43. The third-order valence-electron chi connectivity index (χ3n) is 6.23. The van der Waals surface area contributed by atoms with E-state index in [0.717, 1.165) is 5.56 Å². The van der Waals surface area contributed by atoms with Crippen molar-refractivity contribution in [3.63, 3.8) is 0 Å². The normalized spacial score (nSPS) is 16.8. The second kappa shape index (κ2) is 10.7. The van der Waals surface area contributed by atoms with Crippen molar-refractivity contribution in [1.82, 2.24) is 0 Å². The summed E-state index contributed by atoms with van der Waals surface area (Å²) in [5, 5.41) is 14.2. The van der Waals surface area contributed by atoms with Crippen LogP contribution in [0, 0.1) is 0 Å². The summed E-state index contributed by atoms with van der Waals surface area (Å²) in [6, 6.07) is 20.3. The minimum absolute atomic E-state index is 0.0148. The minimum Gasteiger partial charge on any atom is -0.507 e. The van der Waals surface area contributed by atoms with Gasteiger partial charge in [0.2, 0.25) is 5.91 Å². The average Bonchev–Trinajstić information content (AvgIpc) is 3.15. The van der Waals surface area contributed by atoms with Gasteiger partial charge < -0.3 is 15.2 Å². The highest BCUT2D eigenvalue weighted by molar-refractivity contribution is 6.51. The molecule has 7 nitrogen and oxygen atoms in total. The van der Waals surface area contributed by atoms with Crippen LogP contribution in [0.5, 0.6) is 5.75 Å². The van der Waals surface area contributed by atoms with Gasteiger partial charge in [0.25, 0.3) is 11.7 Å². The molecule has 0 aliphatic carbocycles. The molecule has 1 aliphatic heterocycles. The minimum atomic E-state index is -0.832. The number of nitrogens with zero attached hydrogens (tertiary/aromatic N) is 1. The Morgan fingerprint density at radius 3 is 2.30 bits per heavy atom. The third-order valence-corrected chi connectivity index (χ3v) is 6.23. The van der Waals surface area contributed by atoms with Crippen LogP contribution in [0.2, 0.25) is 0 Å². The lowest BCUT2D eigenvalue weighted by atomic mass is 9.93. The van der Waals surface area contributed by atoms with Crippen LogP contribution in [-0.4, -0.2) is 29.3 Å². The summed E-state index contributed by atoms with van der Waals surface area (Å²) in [6.45, 7) is 7.87. The number of aliphatic hydroxyl groups is 1. The van der Waals surface area contributed by atoms with Gasteiger partial charge in [0.1, 0.15) is 11.5 Å². The van der Waals surface area contributed by atoms with E-state index >= 15 is 0 Å². The molecule has 3 aromatic carbocycles. The van der Waals surface area contributed by atoms with E-state index in [1.165, 1.54) is 11.8 Å². The Morgan fingerprint density at radius 1 is 1.03 bits per heavy atom. The monoisotopic (exact) mass is 498 g/mol. The number of carbonyl (C=O) groups excluding carboxylic acids is 3. The van der Waals surface area contributed by atoms with Gasteiger partial charge in [0.05, 0.1) is 18.2 Å². The molecule has 3 aromatic rings. The van der Waals surface area contributed by atoms with Gasteiger partial charge in [0, 0.05) is 23.9 Å².